The number of hydrogen-bond donors (Lipinski definition) is 2. The molecule has 0 unspecified atom stereocenters. The molecule has 0 saturated carbocycles. The van der Waals surface area contributed by atoms with E-state index in [9.17, 15) is 0 Å². The Hall–Kier alpha value is -0.835. The molecular formula is C12H18BNO2. The van der Waals surface area contributed by atoms with Crippen molar-refractivity contribution < 1.29 is 10.0 Å². The molecule has 1 saturated heterocycles. The van der Waals surface area contributed by atoms with Crippen LogP contribution in [0.15, 0.2) is 24.3 Å². The highest BCUT2D eigenvalue weighted by Gasteiger charge is 2.20. The van der Waals surface area contributed by atoms with Crippen molar-refractivity contribution in [1.82, 2.24) is 4.90 Å². The summed E-state index contributed by atoms with van der Waals surface area (Å²) >= 11 is 0. The Bertz CT molecular complexity index is 351. The van der Waals surface area contributed by atoms with Gasteiger partial charge in [0.05, 0.1) is 0 Å². The molecule has 3 nitrogen and oxygen atoms in total. The van der Waals surface area contributed by atoms with Crippen molar-refractivity contribution in [3.8, 4) is 0 Å². The Kier molecular flexibility index (Phi) is 3.64. The van der Waals surface area contributed by atoms with Crippen molar-refractivity contribution in [3.05, 3.63) is 29.8 Å². The van der Waals surface area contributed by atoms with Gasteiger partial charge in [0.1, 0.15) is 0 Å². The second-order valence-corrected chi connectivity index (χ2v) is 4.46. The van der Waals surface area contributed by atoms with Crippen LogP contribution in [0.2, 0.25) is 0 Å². The van der Waals surface area contributed by atoms with Gasteiger partial charge in [-0.15, -0.1) is 0 Å². The summed E-state index contributed by atoms with van der Waals surface area (Å²) in [5, 5.41) is 18.3. The van der Waals surface area contributed by atoms with Crippen LogP contribution in [0.3, 0.4) is 0 Å². The molecule has 1 heterocycles. The molecule has 0 bridgehead atoms. The SMILES string of the molecule is C[C@H](c1cccc(B(O)O)c1)N1CCCC1. The van der Waals surface area contributed by atoms with Gasteiger partial charge in [-0.3, -0.25) is 4.90 Å². The van der Waals surface area contributed by atoms with Gasteiger partial charge < -0.3 is 10.0 Å². The Morgan fingerprint density at radius 2 is 1.94 bits per heavy atom. The second-order valence-electron chi connectivity index (χ2n) is 4.46. The standard InChI is InChI=1S/C12H18BNO2/c1-10(14-7-2-3-8-14)11-5-4-6-12(9-11)13(15)16/h4-6,9-10,15-16H,2-3,7-8H2,1H3/t10-/m1/s1. The topological polar surface area (TPSA) is 43.7 Å². The fourth-order valence-corrected chi connectivity index (χ4v) is 2.32. The van der Waals surface area contributed by atoms with Crippen LogP contribution < -0.4 is 5.46 Å². The molecule has 1 atom stereocenters. The van der Waals surface area contributed by atoms with Gasteiger partial charge >= 0.3 is 7.12 Å². The third-order valence-electron chi connectivity index (χ3n) is 3.38. The van der Waals surface area contributed by atoms with Crippen LogP contribution in [0.5, 0.6) is 0 Å². The molecule has 0 spiro atoms. The molecule has 1 fully saturated rings. The highest BCUT2D eigenvalue weighted by Crippen LogP contribution is 2.23. The maximum atomic E-state index is 9.14. The minimum absolute atomic E-state index is 0.362. The van der Waals surface area contributed by atoms with Crippen LogP contribution in [0.4, 0.5) is 0 Å². The fourth-order valence-electron chi connectivity index (χ4n) is 2.32. The summed E-state index contributed by atoms with van der Waals surface area (Å²) in [6.07, 6.45) is 2.54. The number of rotatable bonds is 3. The third kappa shape index (κ3) is 2.46. The average molecular weight is 219 g/mol. The fraction of sp³-hybridized carbons (Fsp3) is 0.500. The molecule has 0 aliphatic carbocycles. The molecule has 1 aromatic carbocycles. The Balaban J connectivity index is 2.15. The molecule has 2 N–H and O–H groups in total. The summed E-state index contributed by atoms with van der Waals surface area (Å²) in [5.41, 5.74) is 1.73. The minimum Gasteiger partial charge on any atom is -0.423 e. The van der Waals surface area contributed by atoms with Crippen LogP contribution in [0, 0.1) is 0 Å². The smallest absolute Gasteiger partial charge is 0.423 e. The number of benzene rings is 1. The largest absolute Gasteiger partial charge is 0.488 e. The van der Waals surface area contributed by atoms with Gasteiger partial charge in [-0.1, -0.05) is 24.3 Å². The van der Waals surface area contributed by atoms with Crippen molar-refractivity contribution in [2.24, 2.45) is 0 Å². The summed E-state index contributed by atoms with van der Waals surface area (Å²) in [6, 6.07) is 7.92. The second kappa shape index (κ2) is 5.00. The van der Waals surface area contributed by atoms with Crippen molar-refractivity contribution in [1.29, 1.82) is 0 Å². The van der Waals surface area contributed by atoms with Crippen LogP contribution >= 0.6 is 0 Å². The third-order valence-corrected chi connectivity index (χ3v) is 3.38. The summed E-state index contributed by atoms with van der Waals surface area (Å²) < 4.78 is 0. The predicted octanol–water partition coefficient (Wildman–Crippen LogP) is 0.523. The van der Waals surface area contributed by atoms with E-state index in [0.29, 0.717) is 11.5 Å². The van der Waals surface area contributed by atoms with Crippen molar-refractivity contribution in [3.63, 3.8) is 0 Å². The van der Waals surface area contributed by atoms with E-state index >= 15 is 0 Å². The molecule has 1 aromatic rings. The van der Waals surface area contributed by atoms with Gasteiger partial charge in [-0.2, -0.15) is 0 Å². The molecule has 0 radical (unpaired) electrons. The zero-order valence-electron chi connectivity index (χ0n) is 9.63. The van der Waals surface area contributed by atoms with Crippen LogP contribution in [0.25, 0.3) is 0 Å². The Morgan fingerprint density at radius 3 is 2.56 bits per heavy atom. The van der Waals surface area contributed by atoms with E-state index in [1.165, 1.54) is 12.8 Å². The highest BCUT2D eigenvalue weighted by atomic mass is 16.4. The zero-order valence-corrected chi connectivity index (χ0v) is 9.63. The molecule has 0 amide bonds. The van der Waals surface area contributed by atoms with Gasteiger partial charge in [-0.25, -0.2) is 0 Å². The normalized spacial score (nSPS) is 18.7. The number of nitrogens with zero attached hydrogens (tertiary/aromatic N) is 1. The molecule has 4 heteroatoms. The molecule has 1 aliphatic heterocycles. The van der Waals surface area contributed by atoms with E-state index in [0.717, 1.165) is 18.7 Å². The molecule has 16 heavy (non-hydrogen) atoms. The quantitative estimate of drug-likeness (QED) is 0.728. The summed E-state index contributed by atoms with van der Waals surface area (Å²) in [5.74, 6) is 0. The summed E-state index contributed by atoms with van der Waals surface area (Å²) in [4.78, 5) is 2.43. The molecule has 0 aromatic heterocycles. The summed E-state index contributed by atoms with van der Waals surface area (Å²) in [7, 11) is -1.37. The van der Waals surface area contributed by atoms with E-state index in [2.05, 4.69) is 17.9 Å². The molecule has 86 valence electrons. The molecule has 2 rings (SSSR count). The first kappa shape index (κ1) is 11.6. The van der Waals surface area contributed by atoms with Gasteiger partial charge in [0, 0.05) is 6.04 Å². The molecular weight excluding hydrogens is 201 g/mol. The minimum atomic E-state index is -1.37. The lowest BCUT2D eigenvalue weighted by atomic mass is 9.79. The number of hydrogen-bond acceptors (Lipinski definition) is 3. The van der Waals surface area contributed by atoms with Gasteiger partial charge in [0.2, 0.25) is 0 Å². The van der Waals surface area contributed by atoms with E-state index < -0.39 is 7.12 Å². The first-order valence-corrected chi connectivity index (χ1v) is 5.88. The van der Waals surface area contributed by atoms with Crippen LogP contribution in [-0.4, -0.2) is 35.2 Å². The lowest BCUT2D eigenvalue weighted by Gasteiger charge is -2.24. The van der Waals surface area contributed by atoms with Crippen LogP contribution in [0.1, 0.15) is 31.4 Å². The van der Waals surface area contributed by atoms with Gasteiger partial charge in [0.25, 0.3) is 0 Å². The van der Waals surface area contributed by atoms with E-state index in [1.807, 2.05) is 12.1 Å². The van der Waals surface area contributed by atoms with E-state index in [4.69, 9.17) is 10.0 Å². The zero-order chi connectivity index (χ0) is 11.5. The lowest BCUT2D eigenvalue weighted by molar-refractivity contribution is 0.263. The molecule has 1 aliphatic rings. The monoisotopic (exact) mass is 219 g/mol. The summed E-state index contributed by atoms with van der Waals surface area (Å²) in [6.45, 7) is 4.47. The number of likely N-dealkylation sites (tertiary alicyclic amines) is 1. The lowest BCUT2D eigenvalue weighted by Crippen LogP contribution is -2.31. The Labute approximate surface area is 96.9 Å². The first-order valence-electron chi connectivity index (χ1n) is 5.88. The van der Waals surface area contributed by atoms with Gasteiger partial charge in [-0.05, 0) is 43.9 Å². The van der Waals surface area contributed by atoms with Crippen molar-refractivity contribution in [2.45, 2.75) is 25.8 Å². The predicted molar refractivity (Wildman–Crippen MR) is 65.5 cm³/mol. The average Bonchev–Trinajstić information content (AvgIpc) is 2.81. The highest BCUT2D eigenvalue weighted by molar-refractivity contribution is 6.58. The Morgan fingerprint density at radius 1 is 1.25 bits per heavy atom. The van der Waals surface area contributed by atoms with E-state index in [-0.39, 0.29) is 0 Å². The van der Waals surface area contributed by atoms with Crippen molar-refractivity contribution in [2.75, 3.05) is 13.1 Å². The maximum Gasteiger partial charge on any atom is 0.488 e. The van der Waals surface area contributed by atoms with Crippen LogP contribution in [-0.2, 0) is 0 Å². The van der Waals surface area contributed by atoms with E-state index in [1.54, 1.807) is 6.07 Å². The maximum absolute atomic E-state index is 9.14. The van der Waals surface area contributed by atoms with Gasteiger partial charge in [0.15, 0.2) is 0 Å². The van der Waals surface area contributed by atoms with Crippen molar-refractivity contribution >= 4 is 12.6 Å². The first-order chi connectivity index (χ1) is 7.68.